The standard InChI is InChI=1S/C25H32N2O3S/c1-20(23-12-13-23)27(19-22-8-4-2-5-9-22)25(28)18-21-10-14-24(15-11-21)31(29,30)26-16-6-3-7-17-26/h2,4-5,8-11,14-15,20,23H,3,6-7,12-13,16-19H2,1H3. The number of piperidine rings is 1. The average Bonchev–Trinajstić information content (AvgIpc) is 3.64. The quantitative estimate of drug-likeness (QED) is 0.617. The molecule has 1 heterocycles. The van der Waals surface area contributed by atoms with E-state index in [9.17, 15) is 13.2 Å². The largest absolute Gasteiger partial charge is 0.335 e. The van der Waals surface area contributed by atoms with E-state index < -0.39 is 10.0 Å². The Morgan fingerprint density at radius 1 is 0.968 bits per heavy atom. The topological polar surface area (TPSA) is 57.7 Å². The van der Waals surface area contributed by atoms with Gasteiger partial charge in [-0.05, 0) is 61.8 Å². The van der Waals surface area contributed by atoms with E-state index in [1.54, 1.807) is 28.6 Å². The molecular weight excluding hydrogens is 408 g/mol. The van der Waals surface area contributed by atoms with E-state index >= 15 is 0 Å². The monoisotopic (exact) mass is 440 g/mol. The molecule has 0 N–H and O–H groups in total. The van der Waals surface area contributed by atoms with Crippen LogP contribution in [0, 0.1) is 5.92 Å². The van der Waals surface area contributed by atoms with Crippen LogP contribution in [0.2, 0.25) is 0 Å². The summed E-state index contributed by atoms with van der Waals surface area (Å²) in [6.45, 7) is 3.94. The summed E-state index contributed by atoms with van der Waals surface area (Å²) in [6.07, 6.45) is 5.58. The highest BCUT2D eigenvalue weighted by molar-refractivity contribution is 7.89. The molecule has 0 aromatic heterocycles. The fourth-order valence-corrected chi connectivity index (χ4v) is 5.90. The van der Waals surface area contributed by atoms with Crippen molar-refractivity contribution < 1.29 is 13.2 Å². The second kappa shape index (κ2) is 9.53. The van der Waals surface area contributed by atoms with Gasteiger partial charge in [0.1, 0.15) is 0 Å². The van der Waals surface area contributed by atoms with E-state index in [0.29, 0.717) is 30.4 Å². The lowest BCUT2D eigenvalue weighted by Crippen LogP contribution is -2.40. The number of hydrogen-bond donors (Lipinski definition) is 0. The summed E-state index contributed by atoms with van der Waals surface area (Å²) < 4.78 is 27.3. The van der Waals surface area contributed by atoms with Crippen LogP contribution in [0.5, 0.6) is 0 Å². The molecule has 0 bridgehead atoms. The number of carbonyl (C=O) groups is 1. The van der Waals surface area contributed by atoms with E-state index in [-0.39, 0.29) is 18.4 Å². The van der Waals surface area contributed by atoms with Crippen molar-refractivity contribution in [2.24, 2.45) is 5.92 Å². The van der Waals surface area contributed by atoms with Crippen molar-refractivity contribution in [2.75, 3.05) is 13.1 Å². The van der Waals surface area contributed by atoms with Crippen molar-refractivity contribution in [3.63, 3.8) is 0 Å². The number of nitrogens with zero attached hydrogens (tertiary/aromatic N) is 2. The third kappa shape index (κ3) is 5.36. The molecule has 1 saturated heterocycles. The van der Waals surface area contributed by atoms with Gasteiger partial charge in [0.05, 0.1) is 11.3 Å². The molecule has 1 unspecified atom stereocenters. The molecule has 2 aromatic rings. The van der Waals surface area contributed by atoms with Gasteiger partial charge in [-0.3, -0.25) is 4.79 Å². The van der Waals surface area contributed by atoms with Crippen LogP contribution < -0.4 is 0 Å². The zero-order chi connectivity index (χ0) is 21.8. The van der Waals surface area contributed by atoms with Gasteiger partial charge in [-0.2, -0.15) is 4.31 Å². The smallest absolute Gasteiger partial charge is 0.243 e. The maximum absolute atomic E-state index is 13.2. The SMILES string of the molecule is CC(C1CC1)N(Cc1ccccc1)C(=O)Cc1ccc(S(=O)(=O)N2CCCCC2)cc1. The van der Waals surface area contributed by atoms with Gasteiger partial charge in [0, 0.05) is 25.7 Å². The molecule has 166 valence electrons. The highest BCUT2D eigenvalue weighted by Gasteiger charge is 2.34. The van der Waals surface area contributed by atoms with Gasteiger partial charge < -0.3 is 4.90 Å². The second-order valence-corrected chi connectivity index (χ2v) is 10.8. The van der Waals surface area contributed by atoms with Crippen molar-refractivity contribution in [1.29, 1.82) is 0 Å². The number of amides is 1. The predicted molar refractivity (Wildman–Crippen MR) is 122 cm³/mol. The van der Waals surface area contributed by atoms with E-state index in [1.807, 2.05) is 23.1 Å². The Morgan fingerprint density at radius 2 is 1.61 bits per heavy atom. The zero-order valence-electron chi connectivity index (χ0n) is 18.2. The van der Waals surface area contributed by atoms with Gasteiger partial charge in [-0.15, -0.1) is 0 Å². The minimum atomic E-state index is -3.44. The lowest BCUT2D eigenvalue weighted by Gasteiger charge is -2.30. The molecule has 5 nitrogen and oxygen atoms in total. The van der Waals surface area contributed by atoms with Gasteiger partial charge >= 0.3 is 0 Å². The summed E-state index contributed by atoms with van der Waals surface area (Å²) in [4.78, 5) is 15.5. The molecule has 1 aliphatic carbocycles. The molecule has 1 amide bonds. The van der Waals surface area contributed by atoms with Gasteiger partial charge in [0.25, 0.3) is 0 Å². The lowest BCUT2D eigenvalue weighted by molar-refractivity contribution is -0.133. The second-order valence-electron chi connectivity index (χ2n) is 8.87. The van der Waals surface area contributed by atoms with Crippen LogP contribution in [0.4, 0.5) is 0 Å². The molecule has 0 spiro atoms. The molecule has 1 aliphatic heterocycles. The Labute approximate surface area is 186 Å². The minimum absolute atomic E-state index is 0.0925. The fourth-order valence-electron chi connectivity index (χ4n) is 4.38. The van der Waals surface area contributed by atoms with Crippen molar-refractivity contribution in [3.8, 4) is 0 Å². The van der Waals surface area contributed by atoms with Crippen molar-refractivity contribution >= 4 is 15.9 Å². The molecule has 2 aromatic carbocycles. The first kappa shape index (κ1) is 22.0. The van der Waals surface area contributed by atoms with Crippen molar-refractivity contribution in [2.45, 2.75) is 62.9 Å². The molecule has 4 rings (SSSR count). The molecule has 2 aliphatic rings. The van der Waals surface area contributed by atoms with Crippen LogP contribution in [0.25, 0.3) is 0 Å². The van der Waals surface area contributed by atoms with Crippen LogP contribution >= 0.6 is 0 Å². The third-order valence-electron chi connectivity index (χ3n) is 6.54. The highest BCUT2D eigenvalue weighted by atomic mass is 32.2. The first-order valence-corrected chi connectivity index (χ1v) is 12.8. The number of carbonyl (C=O) groups excluding carboxylic acids is 1. The van der Waals surface area contributed by atoms with Gasteiger partial charge in [0.2, 0.25) is 15.9 Å². The summed E-state index contributed by atoms with van der Waals surface area (Å²) in [5, 5.41) is 0. The molecule has 0 radical (unpaired) electrons. The summed E-state index contributed by atoms with van der Waals surface area (Å²) in [7, 11) is -3.44. The first-order chi connectivity index (χ1) is 14.9. The molecular formula is C25H32N2O3S. The average molecular weight is 441 g/mol. The lowest BCUT2D eigenvalue weighted by atomic mass is 10.1. The maximum atomic E-state index is 13.2. The van der Waals surface area contributed by atoms with Crippen molar-refractivity contribution in [3.05, 3.63) is 65.7 Å². The number of hydrogen-bond acceptors (Lipinski definition) is 3. The van der Waals surface area contributed by atoms with Gasteiger partial charge in [0.15, 0.2) is 0 Å². The maximum Gasteiger partial charge on any atom is 0.243 e. The van der Waals surface area contributed by atoms with Crippen LogP contribution in [-0.4, -0.2) is 42.7 Å². The van der Waals surface area contributed by atoms with Gasteiger partial charge in [-0.25, -0.2) is 8.42 Å². The summed E-state index contributed by atoms with van der Waals surface area (Å²) in [5.41, 5.74) is 1.98. The Kier molecular flexibility index (Phi) is 6.77. The Bertz CT molecular complexity index is 979. The first-order valence-electron chi connectivity index (χ1n) is 11.4. The Hall–Kier alpha value is -2.18. The molecule has 1 saturated carbocycles. The van der Waals surface area contributed by atoms with E-state index in [1.165, 1.54) is 12.8 Å². The van der Waals surface area contributed by atoms with Crippen LogP contribution in [-0.2, 0) is 27.8 Å². The van der Waals surface area contributed by atoms with E-state index in [4.69, 9.17) is 0 Å². The minimum Gasteiger partial charge on any atom is -0.335 e. The van der Waals surface area contributed by atoms with Crippen LogP contribution in [0.1, 0.15) is 50.2 Å². The van der Waals surface area contributed by atoms with Crippen LogP contribution in [0.15, 0.2) is 59.5 Å². The predicted octanol–water partition coefficient (Wildman–Crippen LogP) is 4.23. The van der Waals surface area contributed by atoms with E-state index in [0.717, 1.165) is 30.4 Å². The number of rotatable bonds is 8. The molecule has 6 heteroatoms. The fraction of sp³-hybridized carbons (Fsp3) is 0.480. The number of sulfonamides is 1. The molecule has 31 heavy (non-hydrogen) atoms. The van der Waals surface area contributed by atoms with Crippen LogP contribution in [0.3, 0.4) is 0 Å². The Balaban J connectivity index is 1.45. The summed E-state index contributed by atoms with van der Waals surface area (Å²) >= 11 is 0. The molecule has 1 atom stereocenters. The van der Waals surface area contributed by atoms with Crippen molar-refractivity contribution in [1.82, 2.24) is 9.21 Å². The molecule has 2 fully saturated rings. The Morgan fingerprint density at radius 3 is 2.23 bits per heavy atom. The number of benzene rings is 2. The van der Waals surface area contributed by atoms with E-state index in [2.05, 4.69) is 19.1 Å². The highest BCUT2D eigenvalue weighted by Crippen LogP contribution is 2.36. The zero-order valence-corrected chi connectivity index (χ0v) is 19.1. The van der Waals surface area contributed by atoms with Gasteiger partial charge in [-0.1, -0.05) is 48.9 Å². The third-order valence-corrected chi connectivity index (χ3v) is 8.46. The summed E-state index contributed by atoms with van der Waals surface area (Å²) in [6, 6.07) is 17.2. The summed E-state index contributed by atoms with van der Waals surface area (Å²) in [5.74, 6) is 0.680. The normalized spacial score (nSPS) is 18.5.